The van der Waals surface area contributed by atoms with Gasteiger partial charge >= 0.3 is 0 Å². The van der Waals surface area contributed by atoms with Gasteiger partial charge in [-0.25, -0.2) is 9.07 Å². The lowest BCUT2D eigenvalue weighted by atomic mass is 9.94. The van der Waals surface area contributed by atoms with Crippen LogP contribution in [-0.2, 0) is 0 Å². The van der Waals surface area contributed by atoms with Gasteiger partial charge < -0.3 is 5.32 Å². The number of pyridine rings is 1. The van der Waals surface area contributed by atoms with E-state index in [0.717, 1.165) is 5.56 Å². The molecule has 0 spiro atoms. The SMILES string of the molecule is Fc1cccc(Cl)c1[C@@H]1C[C@H](c2cccnc2)Nc2ncnn21. The molecule has 0 bridgehead atoms. The van der Waals surface area contributed by atoms with E-state index >= 15 is 0 Å². The maximum Gasteiger partial charge on any atom is 0.222 e. The Morgan fingerprint density at radius 3 is 2.96 bits per heavy atom. The lowest BCUT2D eigenvalue weighted by Crippen LogP contribution is -2.28. The highest BCUT2D eigenvalue weighted by Crippen LogP contribution is 2.40. The Kier molecular flexibility index (Phi) is 3.46. The molecule has 3 heterocycles. The highest BCUT2D eigenvalue weighted by Gasteiger charge is 2.32. The number of halogens is 2. The summed E-state index contributed by atoms with van der Waals surface area (Å²) < 4.78 is 16.1. The van der Waals surface area contributed by atoms with Crippen molar-refractivity contribution in [1.29, 1.82) is 0 Å². The van der Waals surface area contributed by atoms with Crippen molar-refractivity contribution in [2.45, 2.75) is 18.5 Å². The van der Waals surface area contributed by atoms with Gasteiger partial charge in [0.1, 0.15) is 12.1 Å². The van der Waals surface area contributed by atoms with Crippen LogP contribution in [0.5, 0.6) is 0 Å². The minimum atomic E-state index is -0.337. The molecule has 1 N–H and O–H groups in total. The van der Waals surface area contributed by atoms with Gasteiger partial charge in [0.15, 0.2) is 0 Å². The quantitative estimate of drug-likeness (QED) is 0.780. The second-order valence-electron chi connectivity index (χ2n) is 5.40. The van der Waals surface area contributed by atoms with Crippen LogP contribution in [0.2, 0.25) is 5.02 Å². The summed E-state index contributed by atoms with van der Waals surface area (Å²) in [6.45, 7) is 0. The van der Waals surface area contributed by atoms with Gasteiger partial charge in [-0.15, -0.1) is 0 Å². The van der Waals surface area contributed by atoms with Crippen LogP contribution < -0.4 is 5.32 Å². The van der Waals surface area contributed by atoms with E-state index in [2.05, 4.69) is 20.4 Å². The van der Waals surface area contributed by atoms with Crippen molar-refractivity contribution < 1.29 is 4.39 Å². The molecule has 116 valence electrons. The molecule has 0 amide bonds. The van der Waals surface area contributed by atoms with Gasteiger partial charge in [0, 0.05) is 23.0 Å². The Bertz CT molecular complexity index is 815. The van der Waals surface area contributed by atoms with Crippen LogP contribution in [-0.4, -0.2) is 19.7 Å². The van der Waals surface area contributed by atoms with Crippen LogP contribution in [0.1, 0.15) is 29.6 Å². The summed E-state index contributed by atoms with van der Waals surface area (Å²) in [6.07, 6.45) is 5.57. The molecule has 5 nitrogen and oxygen atoms in total. The molecule has 1 aromatic carbocycles. The van der Waals surface area contributed by atoms with Crippen LogP contribution in [0.3, 0.4) is 0 Å². The number of nitrogens with one attached hydrogen (secondary N) is 1. The first-order chi connectivity index (χ1) is 11.2. The highest BCUT2D eigenvalue weighted by molar-refractivity contribution is 6.31. The van der Waals surface area contributed by atoms with E-state index in [0.29, 0.717) is 23.0 Å². The molecule has 1 aliphatic heterocycles. The van der Waals surface area contributed by atoms with E-state index in [4.69, 9.17) is 11.6 Å². The molecule has 4 rings (SSSR count). The average Bonchev–Trinajstić information content (AvgIpc) is 3.04. The number of benzene rings is 1. The minimum Gasteiger partial charge on any atom is -0.347 e. The fourth-order valence-electron chi connectivity index (χ4n) is 2.99. The van der Waals surface area contributed by atoms with Crippen molar-refractivity contribution in [1.82, 2.24) is 19.7 Å². The molecule has 0 radical (unpaired) electrons. The number of aromatic nitrogens is 4. The smallest absolute Gasteiger partial charge is 0.222 e. The average molecular weight is 330 g/mol. The molecule has 7 heteroatoms. The third kappa shape index (κ3) is 2.45. The molecule has 0 fully saturated rings. The van der Waals surface area contributed by atoms with Gasteiger partial charge in [0.2, 0.25) is 5.95 Å². The summed E-state index contributed by atoms with van der Waals surface area (Å²) in [7, 11) is 0. The molecule has 0 unspecified atom stereocenters. The van der Waals surface area contributed by atoms with E-state index < -0.39 is 0 Å². The fourth-order valence-corrected chi connectivity index (χ4v) is 3.28. The zero-order chi connectivity index (χ0) is 15.8. The summed E-state index contributed by atoms with van der Waals surface area (Å²) in [5, 5.41) is 7.93. The standard InChI is InChI=1S/C16H13ClFN5/c17-11-4-1-5-12(18)15(11)14-7-13(10-3-2-6-19-8-10)22-16-20-9-21-23(14)16/h1-6,8-9,13-14H,7H2,(H,20,21,22)/t13-,14+/m1/s1. The summed E-state index contributed by atoms with van der Waals surface area (Å²) in [5.41, 5.74) is 1.45. The Balaban J connectivity index is 1.80. The third-order valence-corrected chi connectivity index (χ3v) is 4.38. The summed E-state index contributed by atoms with van der Waals surface area (Å²) in [5.74, 6) is 0.255. The second-order valence-corrected chi connectivity index (χ2v) is 5.81. The Morgan fingerprint density at radius 1 is 1.26 bits per heavy atom. The van der Waals surface area contributed by atoms with Crippen molar-refractivity contribution in [3.8, 4) is 0 Å². The molecule has 0 saturated heterocycles. The van der Waals surface area contributed by atoms with Crippen molar-refractivity contribution in [3.05, 3.63) is 71.0 Å². The minimum absolute atomic E-state index is 0.0407. The lowest BCUT2D eigenvalue weighted by molar-refractivity contribution is 0.415. The first kappa shape index (κ1) is 14.1. The lowest BCUT2D eigenvalue weighted by Gasteiger charge is -2.32. The van der Waals surface area contributed by atoms with Crippen LogP contribution in [0.25, 0.3) is 0 Å². The number of fused-ring (bicyclic) bond motifs is 1. The molecular weight excluding hydrogens is 317 g/mol. The number of nitrogens with zero attached hydrogens (tertiary/aromatic N) is 4. The van der Waals surface area contributed by atoms with Gasteiger partial charge in [-0.05, 0) is 30.2 Å². The Hall–Kier alpha value is -2.47. The predicted octanol–water partition coefficient (Wildman–Crippen LogP) is 3.61. The zero-order valence-electron chi connectivity index (χ0n) is 12.0. The van der Waals surface area contributed by atoms with Crippen molar-refractivity contribution >= 4 is 17.5 Å². The van der Waals surface area contributed by atoms with E-state index in [9.17, 15) is 4.39 Å². The first-order valence-electron chi connectivity index (χ1n) is 7.24. The van der Waals surface area contributed by atoms with Crippen molar-refractivity contribution in [2.75, 3.05) is 5.32 Å². The Labute approximate surface area is 137 Å². The predicted molar refractivity (Wildman–Crippen MR) is 84.8 cm³/mol. The topological polar surface area (TPSA) is 55.6 Å². The summed E-state index contributed by atoms with van der Waals surface area (Å²) >= 11 is 6.26. The molecular formula is C16H13ClFN5. The van der Waals surface area contributed by atoms with Gasteiger partial charge in [-0.2, -0.15) is 10.1 Å². The van der Waals surface area contributed by atoms with Crippen LogP contribution in [0, 0.1) is 5.82 Å². The maximum absolute atomic E-state index is 14.4. The largest absolute Gasteiger partial charge is 0.347 e. The van der Waals surface area contributed by atoms with E-state index in [1.54, 1.807) is 29.2 Å². The van der Waals surface area contributed by atoms with Gasteiger partial charge in [0.25, 0.3) is 0 Å². The fraction of sp³-hybridized carbons (Fsp3) is 0.188. The number of hydrogen-bond donors (Lipinski definition) is 1. The normalized spacial score (nSPS) is 19.9. The first-order valence-corrected chi connectivity index (χ1v) is 7.61. The molecule has 0 saturated carbocycles. The molecule has 2 aromatic heterocycles. The van der Waals surface area contributed by atoms with Crippen molar-refractivity contribution in [2.24, 2.45) is 0 Å². The third-order valence-electron chi connectivity index (χ3n) is 4.05. The van der Waals surface area contributed by atoms with Gasteiger partial charge in [0.05, 0.1) is 12.1 Å². The van der Waals surface area contributed by atoms with Crippen LogP contribution in [0.15, 0.2) is 49.1 Å². The molecule has 1 aliphatic rings. The second kappa shape index (κ2) is 5.62. The molecule has 3 aromatic rings. The van der Waals surface area contributed by atoms with Crippen molar-refractivity contribution in [3.63, 3.8) is 0 Å². The molecule has 0 aliphatic carbocycles. The van der Waals surface area contributed by atoms with E-state index in [1.165, 1.54) is 12.4 Å². The van der Waals surface area contributed by atoms with E-state index in [1.807, 2.05) is 12.1 Å². The maximum atomic E-state index is 14.4. The van der Waals surface area contributed by atoms with Crippen LogP contribution >= 0.6 is 11.6 Å². The Morgan fingerprint density at radius 2 is 2.17 bits per heavy atom. The summed E-state index contributed by atoms with van der Waals surface area (Å²) in [4.78, 5) is 8.38. The molecule has 23 heavy (non-hydrogen) atoms. The molecule has 2 atom stereocenters. The van der Waals surface area contributed by atoms with Gasteiger partial charge in [-0.3, -0.25) is 4.98 Å². The van der Waals surface area contributed by atoms with Crippen LogP contribution in [0.4, 0.5) is 10.3 Å². The van der Waals surface area contributed by atoms with E-state index in [-0.39, 0.29) is 17.9 Å². The zero-order valence-corrected chi connectivity index (χ0v) is 12.8. The number of rotatable bonds is 2. The van der Waals surface area contributed by atoms with Gasteiger partial charge in [-0.1, -0.05) is 23.7 Å². The monoisotopic (exact) mass is 329 g/mol. The summed E-state index contributed by atoms with van der Waals surface area (Å²) in [6, 6.07) is 8.20. The number of hydrogen-bond acceptors (Lipinski definition) is 4. The number of anilines is 1. The highest BCUT2D eigenvalue weighted by atomic mass is 35.5.